The third-order valence-electron chi connectivity index (χ3n) is 24.8. The van der Waals surface area contributed by atoms with Gasteiger partial charge in [0, 0.05) is 71.9 Å². The number of benzene rings is 17. The van der Waals surface area contributed by atoms with E-state index < -0.39 is 0 Å². The summed E-state index contributed by atoms with van der Waals surface area (Å²) in [5.41, 5.74) is 37.8. The molecular weight excluding hydrogens is 1420 g/mol. The van der Waals surface area contributed by atoms with E-state index in [1.54, 1.807) is 0 Å². The molecule has 5 heterocycles. The number of nitrogens with zero attached hydrogens (tertiary/aromatic N) is 4. The molecule has 17 aromatic carbocycles. The van der Waals surface area contributed by atoms with Crippen molar-refractivity contribution >= 4 is 123 Å². The molecule has 2 aliphatic heterocycles. The maximum atomic E-state index is 6.85. The van der Waals surface area contributed by atoms with Gasteiger partial charge in [0.05, 0.1) is 39.1 Å². The van der Waals surface area contributed by atoms with Gasteiger partial charge in [-0.2, -0.15) is 0 Å². The molecular formula is C111H83BN4O. The predicted octanol–water partition coefficient (Wildman–Crippen LogP) is 28.4. The van der Waals surface area contributed by atoms with Crippen molar-refractivity contribution in [2.45, 2.75) is 59.3 Å². The molecule has 0 atom stereocenters. The minimum absolute atomic E-state index is 0.152. The Labute approximate surface area is 683 Å². The number of anilines is 6. The zero-order chi connectivity index (χ0) is 78.5. The molecule has 0 saturated heterocycles. The van der Waals surface area contributed by atoms with Gasteiger partial charge in [0.15, 0.2) is 0 Å². The molecule has 0 N–H and O–H groups in total. The van der Waals surface area contributed by atoms with Gasteiger partial charge in [-0.1, -0.05) is 315 Å². The molecule has 20 aromatic rings. The average Bonchev–Trinajstić information content (AvgIpc) is 1.07. The van der Waals surface area contributed by atoms with Crippen molar-refractivity contribution in [3.8, 4) is 89.3 Å². The van der Waals surface area contributed by atoms with Crippen molar-refractivity contribution in [3.63, 3.8) is 0 Å². The first-order valence-corrected chi connectivity index (χ1v) is 41.0. The van der Waals surface area contributed by atoms with Gasteiger partial charge in [-0.15, -0.1) is 0 Å². The van der Waals surface area contributed by atoms with Crippen LogP contribution in [0.2, 0.25) is 0 Å². The van der Waals surface area contributed by atoms with Crippen molar-refractivity contribution in [3.05, 3.63) is 393 Å². The number of rotatable bonds is 11. The number of aryl methyl sites for hydroxylation is 1. The molecule has 22 rings (SSSR count). The Morgan fingerprint density at radius 1 is 0.256 bits per heavy atom. The van der Waals surface area contributed by atoms with E-state index in [0.717, 1.165) is 156 Å². The van der Waals surface area contributed by atoms with E-state index in [1.807, 2.05) is 0 Å². The summed E-state index contributed by atoms with van der Waals surface area (Å²) in [5.74, 6) is 0. The molecule has 0 fully saturated rings. The number of hydrogen-bond acceptors (Lipinski definition) is 3. The fourth-order valence-corrected chi connectivity index (χ4v) is 19.2. The molecule has 556 valence electrons. The molecule has 0 aliphatic carbocycles. The standard InChI is InChI=1S/C111H83BN4O/c1-70-57-92(89-44-30-50-106-108(89)90-43-24-29-49-105(90)117-106)107(102(58-70)115-97-47-27-22-41-87(97)88-42-23-28-48-98(88)115)76-52-55-93-100(66-76)114(83-63-79(72-33-14-9-15-34-72)60-80(64-83)73-35-16-10-17-36-73)103-68-84(113-95-45-25-20-39-85(95)86-40-21-26-46-96(86)113)69-104-109(103)112(93)94-54-51-75(78-59-77(71-31-12-8-13-32-71)61-82(62-78)111(5,6)7)65-101(94)116(104)99-56-53-81(110(2,3)4)67-91(99)74-37-18-11-19-38-74/h8-69H,1-7H3. The normalized spacial score (nSPS) is 12.7. The lowest BCUT2D eigenvalue weighted by atomic mass is 9.33. The van der Waals surface area contributed by atoms with Crippen LogP contribution >= 0.6 is 0 Å². The molecule has 0 saturated carbocycles. The van der Waals surface area contributed by atoms with Gasteiger partial charge in [0.2, 0.25) is 0 Å². The van der Waals surface area contributed by atoms with Gasteiger partial charge in [-0.05, 0) is 221 Å². The third-order valence-corrected chi connectivity index (χ3v) is 24.8. The zero-order valence-corrected chi connectivity index (χ0v) is 66.6. The Balaban J connectivity index is 0.910. The van der Waals surface area contributed by atoms with Crippen LogP contribution in [0.3, 0.4) is 0 Å². The Morgan fingerprint density at radius 3 is 1.26 bits per heavy atom. The average molecular weight is 1500 g/mol. The van der Waals surface area contributed by atoms with Gasteiger partial charge in [0.1, 0.15) is 11.2 Å². The van der Waals surface area contributed by atoms with Crippen molar-refractivity contribution < 1.29 is 4.42 Å². The van der Waals surface area contributed by atoms with E-state index in [0.29, 0.717) is 0 Å². The smallest absolute Gasteiger partial charge is 0.252 e. The van der Waals surface area contributed by atoms with Crippen LogP contribution in [0.15, 0.2) is 381 Å². The lowest BCUT2D eigenvalue weighted by Gasteiger charge is -2.45. The Bertz CT molecular complexity index is 7250. The molecule has 2 aliphatic rings. The van der Waals surface area contributed by atoms with Gasteiger partial charge in [-0.25, -0.2) is 0 Å². The monoisotopic (exact) mass is 1500 g/mol. The molecule has 0 radical (unpaired) electrons. The summed E-state index contributed by atoms with van der Waals surface area (Å²) >= 11 is 0. The molecule has 117 heavy (non-hydrogen) atoms. The van der Waals surface area contributed by atoms with Crippen LogP contribution in [-0.4, -0.2) is 15.8 Å². The topological polar surface area (TPSA) is 29.5 Å². The summed E-state index contributed by atoms with van der Waals surface area (Å²) in [6, 6.07) is 142. The van der Waals surface area contributed by atoms with Gasteiger partial charge >= 0.3 is 0 Å². The van der Waals surface area contributed by atoms with Crippen molar-refractivity contribution in [1.82, 2.24) is 9.13 Å². The Hall–Kier alpha value is -14.2. The summed E-state index contributed by atoms with van der Waals surface area (Å²) in [6.07, 6.45) is 0. The number of hydrogen-bond donors (Lipinski definition) is 0. The van der Waals surface area contributed by atoms with Crippen LogP contribution in [-0.2, 0) is 10.8 Å². The van der Waals surface area contributed by atoms with Gasteiger partial charge in [0.25, 0.3) is 6.71 Å². The maximum absolute atomic E-state index is 6.85. The van der Waals surface area contributed by atoms with Gasteiger partial charge < -0.3 is 23.4 Å². The maximum Gasteiger partial charge on any atom is 0.252 e. The SMILES string of the molecule is Cc1cc(-c2cccc3oc4ccccc4c23)c(-c2ccc3c(c2)N(c2cc(-c4ccccc4)cc(-c4ccccc4)c2)c2cc(-n4c5ccccc5c5ccccc54)cc4c2B3c2ccc(-c3cc(-c5ccccc5)cc(C(C)(C)C)c3)cc2N4c2ccc(C(C)(C)C)cc2-c2ccccc2)c(-n2c3ccccc3c3ccccc32)c1. The molecule has 0 unspecified atom stereocenters. The second-order valence-corrected chi connectivity index (χ2v) is 34.0. The number of fused-ring (bicyclic) bond motifs is 13. The lowest BCUT2D eigenvalue weighted by Crippen LogP contribution is -2.61. The summed E-state index contributed by atoms with van der Waals surface area (Å²) in [4.78, 5) is 5.35. The van der Waals surface area contributed by atoms with Crippen LogP contribution in [0.5, 0.6) is 0 Å². The molecule has 0 spiro atoms. The summed E-state index contributed by atoms with van der Waals surface area (Å²) in [7, 11) is 0. The summed E-state index contributed by atoms with van der Waals surface area (Å²) in [6.45, 7) is 16.0. The molecule has 0 amide bonds. The largest absolute Gasteiger partial charge is 0.456 e. The van der Waals surface area contributed by atoms with Crippen LogP contribution in [0, 0.1) is 6.92 Å². The van der Waals surface area contributed by atoms with E-state index in [9.17, 15) is 0 Å². The van der Waals surface area contributed by atoms with E-state index in [2.05, 4.69) is 444 Å². The zero-order valence-electron chi connectivity index (χ0n) is 66.6. The van der Waals surface area contributed by atoms with Crippen LogP contribution < -0.4 is 26.2 Å². The second kappa shape index (κ2) is 27.0. The fraction of sp³-hybridized carbons (Fsp3) is 0.0811. The molecule has 6 heteroatoms. The van der Waals surface area contributed by atoms with E-state index in [4.69, 9.17) is 4.42 Å². The number of aromatic nitrogens is 2. The Kier molecular flexibility index (Phi) is 16.0. The number of para-hydroxylation sites is 5. The minimum atomic E-state index is -0.302. The molecule has 5 nitrogen and oxygen atoms in total. The highest BCUT2D eigenvalue weighted by atomic mass is 16.3. The Morgan fingerprint density at radius 2 is 0.709 bits per heavy atom. The van der Waals surface area contributed by atoms with E-state index in [1.165, 1.54) is 65.8 Å². The van der Waals surface area contributed by atoms with Crippen molar-refractivity contribution in [2.24, 2.45) is 0 Å². The highest BCUT2D eigenvalue weighted by Gasteiger charge is 2.45. The predicted molar refractivity (Wildman–Crippen MR) is 497 cm³/mol. The highest BCUT2D eigenvalue weighted by molar-refractivity contribution is 7.00. The second-order valence-electron chi connectivity index (χ2n) is 34.0. The van der Waals surface area contributed by atoms with Crippen molar-refractivity contribution in [1.29, 1.82) is 0 Å². The lowest BCUT2D eigenvalue weighted by molar-refractivity contribution is 0.590. The molecule has 0 bridgehead atoms. The van der Waals surface area contributed by atoms with E-state index >= 15 is 0 Å². The van der Waals surface area contributed by atoms with Gasteiger partial charge in [-0.3, -0.25) is 0 Å². The fourth-order valence-electron chi connectivity index (χ4n) is 19.2. The van der Waals surface area contributed by atoms with Crippen LogP contribution in [0.25, 0.3) is 155 Å². The first kappa shape index (κ1) is 69.5. The van der Waals surface area contributed by atoms with Crippen LogP contribution in [0.1, 0.15) is 58.2 Å². The first-order valence-electron chi connectivity index (χ1n) is 41.0. The summed E-state index contributed by atoms with van der Waals surface area (Å²) < 4.78 is 11.9. The van der Waals surface area contributed by atoms with Crippen LogP contribution in [0.4, 0.5) is 34.1 Å². The van der Waals surface area contributed by atoms with Crippen molar-refractivity contribution in [2.75, 3.05) is 9.80 Å². The quantitative estimate of drug-likeness (QED) is 0.121. The summed E-state index contributed by atoms with van der Waals surface area (Å²) in [5, 5.41) is 6.97. The minimum Gasteiger partial charge on any atom is -0.456 e. The molecule has 3 aromatic heterocycles. The highest BCUT2D eigenvalue weighted by Crippen LogP contribution is 2.54. The number of furan rings is 1. The van der Waals surface area contributed by atoms with E-state index in [-0.39, 0.29) is 17.5 Å². The third kappa shape index (κ3) is 11.4. The first-order chi connectivity index (χ1) is 57.2.